The average Bonchev–Trinajstić information content (AvgIpc) is 2.95. The molecule has 5 heteroatoms. The number of hydrogen-bond acceptors (Lipinski definition) is 4. The third-order valence-electron chi connectivity index (χ3n) is 6.88. The van der Waals surface area contributed by atoms with E-state index in [1.807, 2.05) is 43.3 Å². The van der Waals surface area contributed by atoms with Gasteiger partial charge in [-0.05, 0) is 59.9 Å². The molecule has 4 rings (SSSR count). The smallest absolute Gasteiger partial charge is 0.384 e. The number of amides is 1. The van der Waals surface area contributed by atoms with Gasteiger partial charge in [0.2, 0.25) is 5.91 Å². The Morgan fingerprint density at radius 2 is 1.51 bits per heavy atom. The number of hydrogen-bond donors (Lipinski definition) is 0. The molecule has 3 aromatic carbocycles. The van der Waals surface area contributed by atoms with E-state index in [2.05, 4.69) is 70.0 Å². The summed E-state index contributed by atoms with van der Waals surface area (Å²) in [6.07, 6.45) is 5.24. The Hall–Kier alpha value is -4.04. The van der Waals surface area contributed by atoms with Crippen molar-refractivity contribution in [3.8, 4) is 23.0 Å². The molecule has 3 aromatic rings. The zero-order valence-corrected chi connectivity index (χ0v) is 21.9. The summed E-state index contributed by atoms with van der Waals surface area (Å²) in [5.74, 6) is 4.92. The number of carbonyl (C=O) groups is 2. The fourth-order valence-corrected chi connectivity index (χ4v) is 4.73. The molecule has 5 nitrogen and oxygen atoms in total. The van der Waals surface area contributed by atoms with Crippen LogP contribution in [0.4, 0.5) is 11.4 Å². The first-order valence-electron chi connectivity index (χ1n) is 12.8. The molecule has 0 bridgehead atoms. The number of ether oxygens (including phenoxy) is 1. The fourth-order valence-electron chi connectivity index (χ4n) is 4.73. The van der Waals surface area contributed by atoms with E-state index in [1.165, 1.54) is 13.5 Å². The Morgan fingerprint density at radius 1 is 0.865 bits per heavy atom. The molecular formula is C32H34N2O3. The number of esters is 1. The van der Waals surface area contributed by atoms with Crippen LogP contribution < -0.4 is 9.80 Å². The van der Waals surface area contributed by atoms with E-state index in [1.54, 1.807) is 0 Å². The zero-order valence-electron chi connectivity index (χ0n) is 21.9. The quantitative estimate of drug-likeness (QED) is 0.309. The highest BCUT2D eigenvalue weighted by Gasteiger charge is 2.27. The van der Waals surface area contributed by atoms with Gasteiger partial charge in [0, 0.05) is 42.9 Å². The van der Waals surface area contributed by atoms with Crippen LogP contribution in [0.5, 0.6) is 0 Å². The second kappa shape index (κ2) is 12.3. The van der Waals surface area contributed by atoms with Crippen molar-refractivity contribution in [2.75, 3.05) is 31.0 Å². The Bertz CT molecular complexity index is 1280. The minimum absolute atomic E-state index is 0.0352. The van der Waals surface area contributed by atoms with Crippen LogP contribution in [0.25, 0.3) is 11.1 Å². The van der Waals surface area contributed by atoms with E-state index in [-0.39, 0.29) is 11.8 Å². The maximum absolute atomic E-state index is 13.7. The first-order chi connectivity index (χ1) is 17.9. The molecule has 0 heterocycles. The molecule has 37 heavy (non-hydrogen) atoms. The molecule has 0 N–H and O–H groups in total. The number of anilines is 2. The van der Waals surface area contributed by atoms with E-state index in [9.17, 15) is 9.59 Å². The van der Waals surface area contributed by atoms with Crippen LogP contribution in [0.15, 0.2) is 72.8 Å². The molecule has 0 spiro atoms. The summed E-state index contributed by atoms with van der Waals surface area (Å²) in [6.45, 7) is 0.475. The number of methoxy groups -OCH3 is 1. The average molecular weight is 495 g/mol. The van der Waals surface area contributed by atoms with Crippen molar-refractivity contribution >= 4 is 23.3 Å². The number of rotatable bonds is 6. The summed E-state index contributed by atoms with van der Waals surface area (Å²) >= 11 is 0. The van der Waals surface area contributed by atoms with Crippen LogP contribution in [0, 0.1) is 17.8 Å². The third-order valence-corrected chi connectivity index (χ3v) is 6.88. The highest BCUT2D eigenvalue weighted by atomic mass is 16.5. The third kappa shape index (κ3) is 6.80. The van der Waals surface area contributed by atoms with Gasteiger partial charge in [0.25, 0.3) is 0 Å². The van der Waals surface area contributed by atoms with Gasteiger partial charge in [-0.15, -0.1) is 0 Å². The molecule has 1 fully saturated rings. The first-order valence-corrected chi connectivity index (χ1v) is 12.8. The van der Waals surface area contributed by atoms with Gasteiger partial charge in [0.15, 0.2) is 0 Å². The lowest BCUT2D eigenvalue weighted by Crippen LogP contribution is -2.36. The van der Waals surface area contributed by atoms with Gasteiger partial charge in [0.05, 0.1) is 13.7 Å². The van der Waals surface area contributed by atoms with Crippen LogP contribution in [-0.4, -0.2) is 33.1 Å². The SMILES string of the molecule is COC(=O)C#Cc1cccc(N(Cc2ccc(-c3ccc(N(C)C)cc3)cc2)C(=O)C2CCCCC2)c1. The monoisotopic (exact) mass is 494 g/mol. The minimum atomic E-state index is -0.586. The Labute approximate surface area is 220 Å². The summed E-state index contributed by atoms with van der Waals surface area (Å²) in [4.78, 5) is 29.1. The standard InChI is InChI=1S/C32H34N2O3/c1-33(2)29-19-17-27(18-20-29)26-15-12-25(13-16-26)23-34(32(36)28-9-5-4-6-10-28)30-11-7-8-24(22-30)14-21-31(35)37-3/h7-8,11-13,15-20,22,28H,4-6,9-10,23H2,1-3H3. The maximum atomic E-state index is 13.7. The molecule has 0 saturated heterocycles. The van der Waals surface area contributed by atoms with Gasteiger partial charge >= 0.3 is 5.97 Å². The second-order valence-corrected chi connectivity index (χ2v) is 9.69. The van der Waals surface area contributed by atoms with Crippen LogP contribution in [-0.2, 0) is 20.9 Å². The van der Waals surface area contributed by atoms with Crippen LogP contribution in [0.1, 0.15) is 43.2 Å². The maximum Gasteiger partial charge on any atom is 0.384 e. The highest BCUT2D eigenvalue weighted by molar-refractivity contribution is 5.95. The van der Waals surface area contributed by atoms with Crippen molar-refractivity contribution in [1.29, 1.82) is 0 Å². The molecular weight excluding hydrogens is 460 g/mol. The lowest BCUT2D eigenvalue weighted by atomic mass is 9.88. The van der Waals surface area contributed by atoms with Crippen molar-refractivity contribution < 1.29 is 14.3 Å². The minimum Gasteiger partial charge on any atom is -0.459 e. The highest BCUT2D eigenvalue weighted by Crippen LogP contribution is 2.30. The molecule has 0 unspecified atom stereocenters. The van der Waals surface area contributed by atoms with Gasteiger partial charge in [-0.25, -0.2) is 4.79 Å². The fraction of sp³-hybridized carbons (Fsp3) is 0.312. The van der Waals surface area contributed by atoms with E-state index < -0.39 is 5.97 Å². The van der Waals surface area contributed by atoms with Gasteiger partial charge in [0.1, 0.15) is 0 Å². The Balaban J connectivity index is 1.59. The predicted molar refractivity (Wildman–Crippen MR) is 149 cm³/mol. The molecule has 1 saturated carbocycles. The van der Waals surface area contributed by atoms with Crippen molar-refractivity contribution in [3.63, 3.8) is 0 Å². The molecule has 1 aliphatic rings. The largest absolute Gasteiger partial charge is 0.459 e. The lowest BCUT2D eigenvalue weighted by Gasteiger charge is -2.30. The van der Waals surface area contributed by atoms with Crippen molar-refractivity contribution in [3.05, 3.63) is 83.9 Å². The Morgan fingerprint density at radius 3 is 2.14 bits per heavy atom. The predicted octanol–water partition coefficient (Wildman–Crippen LogP) is 6.06. The van der Waals surface area contributed by atoms with Gasteiger partial charge < -0.3 is 14.5 Å². The topological polar surface area (TPSA) is 49.9 Å². The van der Waals surface area contributed by atoms with Gasteiger partial charge in [-0.2, -0.15) is 0 Å². The van der Waals surface area contributed by atoms with Crippen molar-refractivity contribution in [2.45, 2.75) is 38.6 Å². The summed E-state index contributed by atoms with van der Waals surface area (Å²) in [7, 11) is 5.37. The molecule has 1 aliphatic carbocycles. The molecule has 0 aromatic heterocycles. The number of benzene rings is 3. The summed E-state index contributed by atoms with van der Waals surface area (Å²) in [5, 5.41) is 0. The molecule has 190 valence electrons. The van der Waals surface area contributed by atoms with Gasteiger partial charge in [-0.3, -0.25) is 4.79 Å². The van der Waals surface area contributed by atoms with Crippen LogP contribution in [0.3, 0.4) is 0 Å². The normalized spacial score (nSPS) is 13.3. The molecule has 0 aliphatic heterocycles. The lowest BCUT2D eigenvalue weighted by molar-refractivity contribution is -0.133. The second-order valence-electron chi connectivity index (χ2n) is 9.69. The molecule has 0 radical (unpaired) electrons. The molecule has 0 atom stereocenters. The van der Waals surface area contributed by atoms with Gasteiger partial charge in [-0.1, -0.05) is 67.6 Å². The summed E-state index contributed by atoms with van der Waals surface area (Å²) in [5.41, 5.74) is 5.97. The number of carbonyl (C=O) groups excluding carboxylic acids is 2. The van der Waals surface area contributed by atoms with E-state index in [4.69, 9.17) is 0 Å². The summed E-state index contributed by atoms with van der Waals surface area (Å²) < 4.78 is 4.62. The molecule has 1 amide bonds. The van der Waals surface area contributed by atoms with Crippen LogP contribution >= 0.6 is 0 Å². The van der Waals surface area contributed by atoms with Crippen LogP contribution in [0.2, 0.25) is 0 Å². The first kappa shape index (κ1) is 26.0. The zero-order chi connectivity index (χ0) is 26.2. The summed E-state index contributed by atoms with van der Waals surface area (Å²) in [6, 6.07) is 24.4. The van der Waals surface area contributed by atoms with Crippen molar-refractivity contribution in [1.82, 2.24) is 0 Å². The Kier molecular flexibility index (Phi) is 8.64. The van der Waals surface area contributed by atoms with Crippen molar-refractivity contribution in [2.24, 2.45) is 5.92 Å². The van der Waals surface area contributed by atoms with E-state index in [0.717, 1.165) is 53.7 Å². The van der Waals surface area contributed by atoms with E-state index in [0.29, 0.717) is 12.1 Å². The number of nitrogens with zero attached hydrogens (tertiary/aromatic N) is 2. The van der Waals surface area contributed by atoms with E-state index >= 15 is 0 Å².